The SMILES string of the molecule is CCOc1cc(CNCc2ccccn2)cc(Cl)c1OC. The van der Waals surface area contributed by atoms with E-state index in [4.69, 9.17) is 21.1 Å². The summed E-state index contributed by atoms with van der Waals surface area (Å²) in [5.41, 5.74) is 2.04. The first-order chi connectivity index (χ1) is 10.2. The molecule has 0 spiro atoms. The van der Waals surface area contributed by atoms with Crippen molar-refractivity contribution in [2.45, 2.75) is 20.0 Å². The minimum Gasteiger partial charge on any atom is -0.491 e. The second-order valence-corrected chi connectivity index (χ2v) is 4.87. The number of benzene rings is 1. The van der Waals surface area contributed by atoms with Crippen LogP contribution in [0.4, 0.5) is 0 Å². The van der Waals surface area contributed by atoms with Crippen LogP contribution in [0.2, 0.25) is 5.02 Å². The van der Waals surface area contributed by atoms with Gasteiger partial charge in [0.1, 0.15) is 0 Å². The summed E-state index contributed by atoms with van der Waals surface area (Å²) in [6.45, 7) is 3.88. The molecule has 5 heteroatoms. The van der Waals surface area contributed by atoms with Gasteiger partial charge in [0, 0.05) is 19.3 Å². The summed E-state index contributed by atoms with van der Waals surface area (Å²) in [5, 5.41) is 3.89. The van der Waals surface area contributed by atoms with Gasteiger partial charge in [-0.2, -0.15) is 0 Å². The van der Waals surface area contributed by atoms with Crippen molar-refractivity contribution in [2.24, 2.45) is 0 Å². The van der Waals surface area contributed by atoms with Gasteiger partial charge >= 0.3 is 0 Å². The summed E-state index contributed by atoms with van der Waals surface area (Å²) < 4.78 is 10.8. The van der Waals surface area contributed by atoms with Gasteiger partial charge < -0.3 is 14.8 Å². The van der Waals surface area contributed by atoms with E-state index >= 15 is 0 Å². The fourth-order valence-electron chi connectivity index (χ4n) is 2.02. The van der Waals surface area contributed by atoms with Crippen molar-refractivity contribution in [1.29, 1.82) is 0 Å². The molecule has 1 aromatic heterocycles. The average Bonchev–Trinajstić information content (AvgIpc) is 2.48. The highest BCUT2D eigenvalue weighted by Gasteiger charge is 2.11. The Morgan fingerprint density at radius 2 is 2.10 bits per heavy atom. The zero-order valence-electron chi connectivity index (χ0n) is 12.2. The Morgan fingerprint density at radius 3 is 2.76 bits per heavy atom. The molecule has 2 rings (SSSR count). The molecule has 0 aliphatic heterocycles. The van der Waals surface area contributed by atoms with Crippen LogP contribution in [0.15, 0.2) is 36.5 Å². The largest absolute Gasteiger partial charge is 0.491 e. The number of aromatic nitrogens is 1. The normalized spacial score (nSPS) is 10.4. The Kier molecular flexibility index (Phi) is 5.84. The zero-order chi connectivity index (χ0) is 15.1. The van der Waals surface area contributed by atoms with Gasteiger partial charge in [-0.05, 0) is 36.8 Å². The molecule has 0 saturated heterocycles. The number of nitrogens with zero attached hydrogens (tertiary/aromatic N) is 1. The maximum atomic E-state index is 6.22. The minimum atomic E-state index is 0.554. The molecule has 0 atom stereocenters. The number of pyridine rings is 1. The lowest BCUT2D eigenvalue weighted by Crippen LogP contribution is -2.13. The second-order valence-electron chi connectivity index (χ2n) is 4.47. The standard InChI is InChI=1S/C16H19ClN2O2/c1-3-21-15-9-12(8-14(17)16(15)20-2)10-18-11-13-6-4-5-7-19-13/h4-9,18H,3,10-11H2,1-2H3. The van der Waals surface area contributed by atoms with Crippen LogP contribution < -0.4 is 14.8 Å². The van der Waals surface area contributed by atoms with Crippen LogP contribution in [0.5, 0.6) is 11.5 Å². The monoisotopic (exact) mass is 306 g/mol. The molecule has 1 heterocycles. The Labute approximate surface area is 130 Å². The fourth-order valence-corrected chi connectivity index (χ4v) is 2.33. The molecule has 112 valence electrons. The van der Waals surface area contributed by atoms with Gasteiger partial charge in [-0.25, -0.2) is 0 Å². The number of hydrogen-bond acceptors (Lipinski definition) is 4. The molecule has 0 amide bonds. The van der Waals surface area contributed by atoms with E-state index in [0.29, 0.717) is 36.2 Å². The van der Waals surface area contributed by atoms with Gasteiger partial charge in [-0.1, -0.05) is 17.7 Å². The molecule has 0 radical (unpaired) electrons. The van der Waals surface area contributed by atoms with Crippen LogP contribution in [0.25, 0.3) is 0 Å². The minimum absolute atomic E-state index is 0.554. The lowest BCUT2D eigenvalue weighted by Gasteiger charge is -2.13. The molecule has 2 aromatic rings. The van der Waals surface area contributed by atoms with Crippen LogP contribution in [-0.4, -0.2) is 18.7 Å². The number of rotatable bonds is 7. The van der Waals surface area contributed by atoms with Crippen molar-refractivity contribution < 1.29 is 9.47 Å². The third-order valence-electron chi connectivity index (χ3n) is 2.93. The van der Waals surface area contributed by atoms with E-state index in [-0.39, 0.29) is 0 Å². The first-order valence-electron chi connectivity index (χ1n) is 6.84. The van der Waals surface area contributed by atoms with Crippen molar-refractivity contribution in [1.82, 2.24) is 10.3 Å². The quantitative estimate of drug-likeness (QED) is 0.851. The van der Waals surface area contributed by atoms with Crippen molar-refractivity contribution in [3.05, 3.63) is 52.8 Å². The smallest absolute Gasteiger partial charge is 0.179 e. The van der Waals surface area contributed by atoms with Gasteiger partial charge in [-0.15, -0.1) is 0 Å². The maximum Gasteiger partial charge on any atom is 0.179 e. The highest BCUT2D eigenvalue weighted by Crippen LogP contribution is 2.36. The molecule has 0 aliphatic carbocycles. The number of halogens is 1. The van der Waals surface area contributed by atoms with Gasteiger partial charge in [0.15, 0.2) is 11.5 Å². The summed E-state index contributed by atoms with van der Waals surface area (Å²) in [5.74, 6) is 1.24. The van der Waals surface area contributed by atoms with Crippen LogP contribution in [0.3, 0.4) is 0 Å². The number of nitrogens with one attached hydrogen (secondary N) is 1. The highest BCUT2D eigenvalue weighted by molar-refractivity contribution is 6.32. The molecule has 0 unspecified atom stereocenters. The Bertz CT molecular complexity index is 576. The molecule has 0 aliphatic rings. The molecular weight excluding hydrogens is 288 g/mol. The first kappa shape index (κ1) is 15.6. The molecular formula is C16H19ClN2O2. The van der Waals surface area contributed by atoms with Crippen LogP contribution in [-0.2, 0) is 13.1 Å². The summed E-state index contributed by atoms with van der Waals surface area (Å²) in [7, 11) is 1.59. The third-order valence-corrected chi connectivity index (χ3v) is 3.22. The lowest BCUT2D eigenvalue weighted by molar-refractivity contribution is 0.310. The predicted molar refractivity (Wildman–Crippen MR) is 84.0 cm³/mol. The van der Waals surface area contributed by atoms with Gasteiger partial charge in [0.25, 0.3) is 0 Å². The number of ether oxygens (including phenoxy) is 2. The molecule has 1 aromatic carbocycles. The van der Waals surface area contributed by atoms with E-state index in [0.717, 1.165) is 11.3 Å². The Morgan fingerprint density at radius 1 is 1.24 bits per heavy atom. The topological polar surface area (TPSA) is 43.4 Å². The van der Waals surface area contributed by atoms with E-state index in [1.807, 2.05) is 37.3 Å². The van der Waals surface area contributed by atoms with Gasteiger partial charge in [-0.3, -0.25) is 4.98 Å². The van der Waals surface area contributed by atoms with Crippen LogP contribution >= 0.6 is 11.6 Å². The molecule has 0 bridgehead atoms. The molecule has 0 saturated carbocycles. The predicted octanol–water partition coefficient (Wildman–Crippen LogP) is 3.43. The Hall–Kier alpha value is -1.78. The summed E-state index contributed by atoms with van der Waals surface area (Å²) in [4.78, 5) is 4.27. The third kappa shape index (κ3) is 4.34. The van der Waals surface area contributed by atoms with E-state index in [1.54, 1.807) is 13.3 Å². The number of methoxy groups -OCH3 is 1. The average molecular weight is 307 g/mol. The molecule has 4 nitrogen and oxygen atoms in total. The maximum absolute atomic E-state index is 6.22. The van der Waals surface area contributed by atoms with Crippen molar-refractivity contribution in [3.63, 3.8) is 0 Å². The van der Waals surface area contributed by atoms with Crippen LogP contribution in [0.1, 0.15) is 18.2 Å². The van der Waals surface area contributed by atoms with E-state index in [2.05, 4.69) is 10.3 Å². The van der Waals surface area contributed by atoms with E-state index in [1.165, 1.54) is 0 Å². The Balaban J connectivity index is 2.03. The van der Waals surface area contributed by atoms with Crippen molar-refractivity contribution >= 4 is 11.6 Å². The van der Waals surface area contributed by atoms with Gasteiger partial charge in [0.2, 0.25) is 0 Å². The molecule has 21 heavy (non-hydrogen) atoms. The van der Waals surface area contributed by atoms with Crippen molar-refractivity contribution in [2.75, 3.05) is 13.7 Å². The first-order valence-corrected chi connectivity index (χ1v) is 7.22. The zero-order valence-corrected chi connectivity index (χ0v) is 13.0. The van der Waals surface area contributed by atoms with E-state index in [9.17, 15) is 0 Å². The van der Waals surface area contributed by atoms with E-state index < -0.39 is 0 Å². The molecule has 0 fully saturated rings. The summed E-state index contributed by atoms with van der Waals surface area (Å²) in [6, 6.07) is 9.69. The van der Waals surface area contributed by atoms with Gasteiger partial charge in [0.05, 0.1) is 24.4 Å². The van der Waals surface area contributed by atoms with Crippen LogP contribution in [0, 0.1) is 0 Å². The second kappa shape index (κ2) is 7.86. The summed E-state index contributed by atoms with van der Waals surface area (Å²) in [6.07, 6.45) is 1.79. The molecule has 1 N–H and O–H groups in total. The summed E-state index contributed by atoms with van der Waals surface area (Å²) >= 11 is 6.22. The lowest BCUT2D eigenvalue weighted by atomic mass is 10.2. The highest BCUT2D eigenvalue weighted by atomic mass is 35.5. The fraction of sp³-hybridized carbons (Fsp3) is 0.312. The van der Waals surface area contributed by atoms with Crippen molar-refractivity contribution in [3.8, 4) is 11.5 Å². The number of hydrogen-bond donors (Lipinski definition) is 1.